The molecule has 0 amide bonds. The zero-order chi connectivity index (χ0) is 16.9. The largest absolute Gasteiger partial charge is 0.502 e. The normalized spacial score (nSPS) is 10.9. The van der Waals surface area contributed by atoms with Gasteiger partial charge in [-0.15, -0.1) is 0 Å². The number of nitrogens with one attached hydrogen (secondary N) is 2. The lowest BCUT2D eigenvalue weighted by atomic mass is 10.1. The minimum atomic E-state index is 0.0301. The molecule has 3 rings (SSSR count). The molecule has 5 nitrogen and oxygen atoms in total. The molecule has 0 aliphatic rings. The van der Waals surface area contributed by atoms with E-state index in [0.29, 0.717) is 18.0 Å². The molecule has 0 unspecified atom stereocenters. The number of aromatic amines is 1. The lowest BCUT2D eigenvalue weighted by Gasteiger charge is -2.12. The summed E-state index contributed by atoms with van der Waals surface area (Å²) in [6.45, 7) is 1.53. The molecule has 0 atom stereocenters. The molecule has 0 radical (unpaired) electrons. The number of H-pyrrole nitrogens is 1. The van der Waals surface area contributed by atoms with Gasteiger partial charge >= 0.3 is 0 Å². The van der Waals surface area contributed by atoms with Gasteiger partial charge in [-0.1, -0.05) is 18.2 Å². The van der Waals surface area contributed by atoms with Crippen LogP contribution in [0.5, 0.6) is 17.2 Å². The lowest BCUT2D eigenvalue weighted by molar-refractivity contribution is 0.339. The number of aromatic nitrogens is 1. The first-order valence-corrected chi connectivity index (χ1v) is 7.92. The van der Waals surface area contributed by atoms with E-state index in [4.69, 9.17) is 9.47 Å². The Hall–Kier alpha value is -2.66. The van der Waals surface area contributed by atoms with Gasteiger partial charge in [0.25, 0.3) is 0 Å². The zero-order valence-corrected chi connectivity index (χ0v) is 13.9. The molecular formula is C19H22N2O3. The summed E-state index contributed by atoms with van der Waals surface area (Å²) in [4.78, 5) is 3.29. The molecule has 0 saturated carbocycles. The van der Waals surface area contributed by atoms with Crippen LogP contribution >= 0.6 is 0 Å². The van der Waals surface area contributed by atoms with Crippen molar-refractivity contribution in [1.29, 1.82) is 0 Å². The summed E-state index contributed by atoms with van der Waals surface area (Å²) in [5.41, 5.74) is 3.47. The van der Waals surface area contributed by atoms with E-state index in [1.54, 1.807) is 0 Å². The number of para-hydroxylation sites is 1. The second-order valence-corrected chi connectivity index (χ2v) is 5.64. The lowest BCUT2D eigenvalue weighted by Crippen LogP contribution is -2.16. The Labute approximate surface area is 141 Å². The third-order valence-corrected chi connectivity index (χ3v) is 4.11. The molecule has 0 spiro atoms. The molecule has 1 aromatic heterocycles. The maximum Gasteiger partial charge on any atom is 0.200 e. The molecule has 3 aromatic rings. The summed E-state index contributed by atoms with van der Waals surface area (Å²) < 4.78 is 10.4. The minimum absolute atomic E-state index is 0.0301. The molecule has 0 fully saturated rings. The molecular weight excluding hydrogens is 304 g/mol. The maximum absolute atomic E-state index is 9.94. The van der Waals surface area contributed by atoms with Crippen molar-refractivity contribution in [3.8, 4) is 17.2 Å². The second-order valence-electron chi connectivity index (χ2n) is 5.64. The van der Waals surface area contributed by atoms with Gasteiger partial charge in [-0.25, -0.2) is 0 Å². The van der Waals surface area contributed by atoms with E-state index >= 15 is 0 Å². The van der Waals surface area contributed by atoms with Crippen LogP contribution in [0.3, 0.4) is 0 Å². The highest BCUT2D eigenvalue weighted by Crippen LogP contribution is 2.37. The van der Waals surface area contributed by atoms with Crippen LogP contribution in [0.1, 0.15) is 11.1 Å². The van der Waals surface area contributed by atoms with Crippen LogP contribution in [-0.4, -0.2) is 30.9 Å². The number of phenols is 1. The number of fused-ring (bicyclic) bond motifs is 1. The summed E-state index contributed by atoms with van der Waals surface area (Å²) in [5, 5.41) is 14.6. The highest BCUT2D eigenvalue weighted by atomic mass is 16.5. The van der Waals surface area contributed by atoms with E-state index in [9.17, 15) is 5.11 Å². The number of hydrogen-bond donors (Lipinski definition) is 3. The van der Waals surface area contributed by atoms with E-state index in [2.05, 4.69) is 34.7 Å². The first kappa shape index (κ1) is 16.2. The smallest absolute Gasteiger partial charge is 0.200 e. The molecule has 0 aliphatic heterocycles. The van der Waals surface area contributed by atoms with E-state index in [0.717, 1.165) is 18.5 Å². The number of rotatable bonds is 7. The van der Waals surface area contributed by atoms with E-state index in [1.165, 1.54) is 30.7 Å². The van der Waals surface area contributed by atoms with Crippen LogP contribution in [0.4, 0.5) is 0 Å². The average Bonchev–Trinajstić information content (AvgIpc) is 3.03. The van der Waals surface area contributed by atoms with Crippen molar-refractivity contribution >= 4 is 10.9 Å². The Morgan fingerprint density at radius 1 is 1.08 bits per heavy atom. The van der Waals surface area contributed by atoms with Crippen LogP contribution < -0.4 is 14.8 Å². The predicted molar refractivity (Wildman–Crippen MR) is 94.9 cm³/mol. The summed E-state index contributed by atoms with van der Waals surface area (Å²) in [6, 6.07) is 11.9. The van der Waals surface area contributed by atoms with Crippen molar-refractivity contribution in [1.82, 2.24) is 10.3 Å². The van der Waals surface area contributed by atoms with Gasteiger partial charge in [0.15, 0.2) is 11.5 Å². The highest BCUT2D eigenvalue weighted by Gasteiger charge is 2.11. The third-order valence-electron chi connectivity index (χ3n) is 4.11. The summed E-state index contributed by atoms with van der Waals surface area (Å²) in [6.07, 6.45) is 3.01. The number of aromatic hydroxyl groups is 1. The SMILES string of the molecule is COc1cc(CNCCc2c[nH]c3ccccc23)cc(OC)c1O. The number of phenolic OH excluding ortho intramolecular Hbond substituents is 1. The summed E-state index contributed by atoms with van der Waals surface area (Å²) >= 11 is 0. The average molecular weight is 326 g/mol. The fraction of sp³-hybridized carbons (Fsp3) is 0.263. The molecule has 0 bridgehead atoms. The fourth-order valence-electron chi connectivity index (χ4n) is 2.84. The van der Waals surface area contributed by atoms with Crippen molar-refractivity contribution in [2.45, 2.75) is 13.0 Å². The van der Waals surface area contributed by atoms with Crippen molar-refractivity contribution in [3.63, 3.8) is 0 Å². The maximum atomic E-state index is 9.94. The van der Waals surface area contributed by atoms with Crippen LogP contribution in [0, 0.1) is 0 Å². The minimum Gasteiger partial charge on any atom is -0.502 e. The topological polar surface area (TPSA) is 66.5 Å². The van der Waals surface area contributed by atoms with Crippen molar-refractivity contribution in [2.24, 2.45) is 0 Å². The quantitative estimate of drug-likeness (QED) is 0.583. The second kappa shape index (κ2) is 7.27. The third kappa shape index (κ3) is 3.31. The van der Waals surface area contributed by atoms with E-state index in [-0.39, 0.29) is 5.75 Å². The molecule has 3 N–H and O–H groups in total. The Bertz CT molecular complexity index is 801. The number of benzene rings is 2. The van der Waals surface area contributed by atoms with E-state index < -0.39 is 0 Å². The highest BCUT2D eigenvalue weighted by molar-refractivity contribution is 5.83. The van der Waals surface area contributed by atoms with Gasteiger partial charge in [-0.2, -0.15) is 0 Å². The molecule has 1 heterocycles. The van der Waals surface area contributed by atoms with Crippen LogP contribution in [-0.2, 0) is 13.0 Å². The first-order chi connectivity index (χ1) is 11.7. The standard InChI is InChI=1S/C19H22N2O3/c1-23-17-9-13(10-18(24-2)19(17)22)11-20-8-7-14-12-21-16-6-4-3-5-15(14)16/h3-6,9-10,12,20-22H,7-8,11H2,1-2H3. The van der Waals surface area contributed by atoms with Crippen LogP contribution in [0.25, 0.3) is 10.9 Å². The molecule has 5 heteroatoms. The number of methoxy groups -OCH3 is 2. The van der Waals surface area contributed by atoms with E-state index in [1.807, 2.05) is 18.2 Å². The molecule has 0 aliphatic carbocycles. The molecule has 2 aromatic carbocycles. The van der Waals surface area contributed by atoms with Gasteiger partial charge in [0, 0.05) is 23.6 Å². The van der Waals surface area contributed by atoms with Crippen molar-refractivity contribution in [3.05, 3.63) is 53.7 Å². The van der Waals surface area contributed by atoms with Gasteiger partial charge in [-0.05, 0) is 42.3 Å². The van der Waals surface area contributed by atoms with Crippen LogP contribution in [0.15, 0.2) is 42.6 Å². The monoisotopic (exact) mass is 326 g/mol. The van der Waals surface area contributed by atoms with Gasteiger partial charge in [0.1, 0.15) is 0 Å². The Morgan fingerprint density at radius 3 is 2.50 bits per heavy atom. The Balaban J connectivity index is 1.60. The number of ether oxygens (including phenoxy) is 2. The Morgan fingerprint density at radius 2 is 1.79 bits per heavy atom. The predicted octanol–water partition coefficient (Wildman–Crippen LogP) is 3.22. The van der Waals surface area contributed by atoms with Crippen molar-refractivity contribution in [2.75, 3.05) is 20.8 Å². The van der Waals surface area contributed by atoms with Gasteiger partial charge in [0.2, 0.25) is 5.75 Å². The summed E-state index contributed by atoms with van der Waals surface area (Å²) in [5.74, 6) is 0.869. The molecule has 24 heavy (non-hydrogen) atoms. The van der Waals surface area contributed by atoms with Crippen molar-refractivity contribution < 1.29 is 14.6 Å². The number of hydrogen-bond acceptors (Lipinski definition) is 4. The summed E-state index contributed by atoms with van der Waals surface area (Å²) in [7, 11) is 3.06. The fourth-order valence-corrected chi connectivity index (χ4v) is 2.84. The van der Waals surface area contributed by atoms with Gasteiger partial charge in [-0.3, -0.25) is 0 Å². The zero-order valence-electron chi connectivity index (χ0n) is 13.9. The van der Waals surface area contributed by atoms with Crippen LogP contribution in [0.2, 0.25) is 0 Å². The first-order valence-electron chi connectivity index (χ1n) is 7.92. The van der Waals surface area contributed by atoms with Gasteiger partial charge < -0.3 is 24.9 Å². The Kier molecular flexibility index (Phi) is 4.91. The molecule has 0 saturated heterocycles. The van der Waals surface area contributed by atoms with Gasteiger partial charge in [0.05, 0.1) is 14.2 Å². The molecule has 126 valence electrons.